The number of carbonyl (C=O) groups excluding carboxylic acids is 2. The van der Waals surface area contributed by atoms with Gasteiger partial charge in [-0.3, -0.25) is 9.59 Å². The first-order valence-electron chi connectivity index (χ1n) is 4.98. The van der Waals surface area contributed by atoms with E-state index in [9.17, 15) is 9.59 Å². The van der Waals surface area contributed by atoms with E-state index < -0.39 is 0 Å². The molecule has 6 nitrogen and oxygen atoms in total. The molecule has 86 valence electrons. The van der Waals surface area contributed by atoms with Crippen LogP contribution in [0.2, 0.25) is 0 Å². The topological polar surface area (TPSA) is 79.5 Å². The zero-order valence-corrected chi connectivity index (χ0v) is 8.84. The molecule has 0 aromatic carbocycles. The van der Waals surface area contributed by atoms with Crippen molar-refractivity contribution in [3.63, 3.8) is 0 Å². The van der Waals surface area contributed by atoms with Gasteiger partial charge in [-0.25, -0.2) is 0 Å². The number of hydrogen-bond acceptors (Lipinski definition) is 4. The van der Waals surface area contributed by atoms with E-state index in [4.69, 9.17) is 4.74 Å². The minimum absolute atomic E-state index is 0.00681. The second-order valence-corrected chi connectivity index (χ2v) is 3.44. The third kappa shape index (κ3) is 4.75. The van der Waals surface area contributed by atoms with Crippen molar-refractivity contribution in [3.05, 3.63) is 0 Å². The number of hydrogen-bond donors (Lipinski definition) is 3. The highest BCUT2D eigenvalue weighted by Gasteiger charge is 2.22. The van der Waals surface area contributed by atoms with Gasteiger partial charge in [0.05, 0.1) is 19.2 Å². The summed E-state index contributed by atoms with van der Waals surface area (Å²) in [5.74, 6) is -0.0970. The molecule has 3 N–H and O–H groups in total. The van der Waals surface area contributed by atoms with Crippen LogP contribution in [0.1, 0.15) is 6.42 Å². The predicted molar refractivity (Wildman–Crippen MR) is 54.3 cm³/mol. The Morgan fingerprint density at radius 1 is 1.67 bits per heavy atom. The lowest BCUT2D eigenvalue weighted by atomic mass is 10.2. The standard InChI is InChI=1S/C9H17N3O3/c1-15-3-2-10-6-9(14)12-7-4-8(13)11-5-7/h7,10H,2-6H2,1H3,(H,11,13)(H,12,14). The first kappa shape index (κ1) is 11.9. The van der Waals surface area contributed by atoms with Gasteiger partial charge in [0.1, 0.15) is 0 Å². The molecule has 1 heterocycles. The number of ether oxygens (including phenoxy) is 1. The van der Waals surface area contributed by atoms with Crippen LogP contribution >= 0.6 is 0 Å². The van der Waals surface area contributed by atoms with Crippen molar-refractivity contribution >= 4 is 11.8 Å². The summed E-state index contributed by atoms with van der Waals surface area (Å²) in [6, 6.07) is -0.0609. The molecule has 2 amide bonds. The summed E-state index contributed by atoms with van der Waals surface area (Å²) < 4.78 is 4.82. The summed E-state index contributed by atoms with van der Waals surface area (Å²) in [4.78, 5) is 22.2. The van der Waals surface area contributed by atoms with Crippen molar-refractivity contribution in [3.8, 4) is 0 Å². The molecule has 0 spiro atoms. The molecule has 0 aromatic rings. The Balaban J connectivity index is 2.05. The molecule has 1 saturated heterocycles. The minimum atomic E-state index is -0.0902. The van der Waals surface area contributed by atoms with E-state index in [1.807, 2.05) is 0 Å². The molecule has 1 atom stereocenters. The molecule has 1 rings (SSSR count). The van der Waals surface area contributed by atoms with Crippen molar-refractivity contribution < 1.29 is 14.3 Å². The van der Waals surface area contributed by atoms with Crippen molar-refractivity contribution in [1.29, 1.82) is 0 Å². The minimum Gasteiger partial charge on any atom is -0.383 e. The molecular weight excluding hydrogens is 198 g/mol. The Bertz CT molecular complexity index is 233. The predicted octanol–water partition coefficient (Wildman–Crippen LogP) is -1.77. The van der Waals surface area contributed by atoms with E-state index in [1.165, 1.54) is 0 Å². The molecule has 6 heteroatoms. The Hall–Kier alpha value is -1.14. The maximum absolute atomic E-state index is 11.3. The number of amides is 2. The lowest BCUT2D eigenvalue weighted by Crippen LogP contribution is -2.41. The maximum atomic E-state index is 11.3. The summed E-state index contributed by atoms with van der Waals surface area (Å²) in [5.41, 5.74) is 0. The maximum Gasteiger partial charge on any atom is 0.234 e. The van der Waals surface area contributed by atoms with E-state index in [0.717, 1.165) is 0 Å². The van der Waals surface area contributed by atoms with Crippen LogP contribution in [0.4, 0.5) is 0 Å². The van der Waals surface area contributed by atoms with Gasteiger partial charge in [0.25, 0.3) is 0 Å². The van der Waals surface area contributed by atoms with Crippen molar-refractivity contribution in [1.82, 2.24) is 16.0 Å². The molecule has 0 aliphatic carbocycles. The molecule has 0 aromatic heterocycles. The average molecular weight is 215 g/mol. The van der Waals surface area contributed by atoms with Gasteiger partial charge < -0.3 is 20.7 Å². The van der Waals surface area contributed by atoms with E-state index >= 15 is 0 Å². The summed E-state index contributed by atoms with van der Waals surface area (Å²) in [6.07, 6.45) is 0.379. The third-order valence-corrected chi connectivity index (χ3v) is 2.11. The highest BCUT2D eigenvalue weighted by molar-refractivity contribution is 5.82. The molecule has 1 unspecified atom stereocenters. The van der Waals surface area contributed by atoms with Gasteiger partial charge in [0.15, 0.2) is 0 Å². The van der Waals surface area contributed by atoms with Crippen LogP contribution in [0.3, 0.4) is 0 Å². The number of rotatable bonds is 6. The molecule has 0 saturated carbocycles. The number of nitrogens with one attached hydrogen (secondary N) is 3. The van der Waals surface area contributed by atoms with E-state index in [-0.39, 0.29) is 24.4 Å². The van der Waals surface area contributed by atoms with Gasteiger partial charge in [-0.15, -0.1) is 0 Å². The molecule has 0 bridgehead atoms. The van der Waals surface area contributed by atoms with Crippen LogP contribution in [0.25, 0.3) is 0 Å². The monoisotopic (exact) mass is 215 g/mol. The summed E-state index contributed by atoms with van der Waals surface area (Å²) in [6.45, 7) is 2.01. The highest BCUT2D eigenvalue weighted by atomic mass is 16.5. The Morgan fingerprint density at radius 3 is 3.07 bits per heavy atom. The second kappa shape index (κ2) is 6.36. The highest BCUT2D eigenvalue weighted by Crippen LogP contribution is 1.97. The largest absolute Gasteiger partial charge is 0.383 e. The quantitative estimate of drug-likeness (QED) is 0.458. The van der Waals surface area contributed by atoms with Gasteiger partial charge >= 0.3 is 0 Å². The lowest BCUT2D eigenvalue weighted by molar-refractivity contribution is -0.121. The summed E-state index contributed by atoms with van der Waals surface area (Å²) >= 11 is 0. The van der Waals surface area contributed by atoms with Crippen molar-refractivity contribution in [2.24, 2.45) is 0 Å². The summed E-state index contributed by atoms with van der Waals surface area (Å²) in [5, 5.41) is 8.35. The average Bonchev–Trinajstić information content (AvgIpc) is 2.59. The zero-order valence-electron chi connectivity index (χ0n) is 8.84. The van der Waals surface area contributed by atoms with Gasteiger partial charge in [-0.05, 0) is 0 Å². The second-order valence-electron chi connectivity index (χ2n) is 3.44. The lowest BCUT2D eigenvalue weighted by Gasteiger charge is -2.10. The van der Waals surface area contributed by atoms with Crippen LogP contribution in [0, 0.1) is 0 Å². The first-order valence-corrected chi connectivity index (χ1v) is 4.98. The molecule has 1 aliphatic rings. The van der Waals surface area contributed by atoms with Crippen LogP contribution in [0.5, 0.6) is 0 Å². The van der Waals surface area contributed by atoms with E-state index in [2.05, 4.69) is 16.0 Å². The molecule has 1 fully saturated rings. The molecular formula is C9H17N3O3. The van der Waals surface area contributed by atoms with Gasteiger partial charge in [0.2, 0.25) is 11.8 Å². The molecule has 15 heavy (non-hydrogen) atoms. The van der Waals surface area contributed by atoms with Crippen molar-refractivity contribution in [2.45, 2.75) is 12.5 Å². The van der Waals surface area contributed by atoms with Gasteiger partial charge in [0, 0.05) is 26.6 Å². The SMILES string of the molecule is COCCNCC(=O)NC1CNC(=O)C1. The first-order chi connectivity index (χ1) is 7.22. The fourth-order valence-electron chi connectivity index (χ4n) is 1.36. The van der Waals surface area contributed by atoms with Gasteiger partial charge in [-0.1, -0.05) is 0 Å². The Kier molecular flexibility index (Phi) is 5.06. The fourth-order valence-corrected chi connectivity index (χ4v) is 1.36. The zero-order chi connectivity index (χ0) is 11.1. The van der Waals surface area contributed by atoms with Crippen LogP contribution in [-0.4, -0.2) is 51.2 Å². The van der Waals surface area contributed by atoms with E-state index in [1.54, 1.807) is 7.11 Å². The summed E-state index contributed by atoms with van der Waals surface area (Å²) in [7, 11) is 1.61. The van der Waals surface area contributed by atoms with Crippen LogP contribution in [0.15, 0.2) is 0 Å². The Labute approximate surface area is 88.7 Å². The van der Waals surface area contributed by atoms with Gasteiger partial charge in [-0.2, -0.15) is 0 Å². The number of methoxy groups -OCH3 is 1. The molecule has 0 radical (unpaired) electrons. The van der Waals surface area contributed by atoms with Crippen LogP contribution < -0.4 is 16.0 Å². The normalized spacial score (nSPS) is 20.1. The fraction of sp³-hybridized carbons (Fsp3) is 0.778. The van der Waals surface area contributed by atoms with Crippen LogP contribution in [-0.2, 0) is 14.3 Å². The Morgan fingerprint density at radius 2 is 2.47 bits per heavy atom. The van der Waals surface area contributed by atoms with E-state index in [0.29, 0.717) is 26.1 Å². The van der Waals surface area contributed by atoms with Crippen molar-refractivity contribution in [2.75, 3.05) is 33.4 Å². The third-order valence-electron chi connectivity index (χ3n) is 2.11. The molecule has 1 aliphatic heterocycles. The smallest absolute Gasteiger partial charge is 0.234 e. The number of carbonyl (C=O) groups is 2.